The molecule has 5 rings (SSSR count). The summed E-state index contributed by atoms with van der Waals surface area (Å²) >= 11 is 0. The number of hydrogen-bond acceptors (Lipinski definition) is 7. The van der Waals surface area contributed by atoms with E-state index in [1.54, 1.807) is 10.9 Å². The lowest BCUT2D eigenvalue weighted by Crippen LogP contribution is -2.33. The Bertz CT molecular complexity index is 923. The maximum absolute atomic E-state index is 10.6. The number of aliphatic hydroxyl groups excluding tert-OH is 1. The summed E-state index contributed by atoms with van der Waals surface area (Å²) in [5.41, 5.74) is 2.46. The molecule has 9 nitrogen and oxygen atoms in total. The van der Waals surface area contributed by atoms with Crippen LogP contribution in [0.2, 0.25) is 0 Å². The lowest BCUT2D eigenvalue weighted by atomic mass is 10.1. The second kappa shape index (κ2) is 6.03. The number of nitrogens with zero attached hydrogens (tertiary/aromatic N) is 7. The second-order valence-electron chi connectivity index (χ2n) is 7.08. The molecule has 1 atom stereocenters. The van der Waals surface area contributed by atoms with E-state index in [0.29, 0.717) is 24.0 Å². The summed E-state index contributed by atoms with van der Waals surface area (Å²) in [6.07, 6.45) is 3.22. The minimum atomic E-state index is -0.772. The molecule has 0 unspecified atom stereocenters. The van der Waals surface area contributed by atoms with Crippen LogP contribution >= 0.6 is 0 Å². The fraction of sp³-hybridized carbons (Fsp3) is 0.529. The maximum atomic E-state index is 10.6. The summed E-state index contributed by atoms with van der Waals surface area (Å²) in [5.74, 6) is 1.94. The molecule has 0 spiro atoms. The topological polar surface area (TPSA) is 98.0 Å². The molecule has 3 aromatic heterocycles. The van der Waals surface area contributed by atoms with Gasteiger partial charge in [-0.2, -0.15) is 10.2 Å². The number of aromatic nitrogens is 6. The molecule has 0 saturated heterocycles. The van der Waals surface area contributed by atoms with Gasteiger partial charge in [-0.1, -0.05) is 0 Å². The molecule has 0 radical (unpaired) electrons. The third-order valence-electron chi connectivity index (χ3n) is 5.08. The van der Waals surface area contributed by atoms with Crippen molar-refractivity contribution in [3.63, 3.8) is 0 Å². The summed E-state index contributed by atoms with van der Waals surface area (Å²) in [4.78, 5) is 2.27. The molecule has 3 aromatic rings. The molecule has 4 heterocycles. The van der Waals surface area contributed by atoms with E-state index in [1.165, 1.54) is 0 Å². The molecule has 0 bridgehead atoms. The molecule has 1 fully saturated rings. The molecule has 1 N–H and O–H groups in total. The highest BCUT2D eigenvalue weighted by Gasteiger charge is 2.30. The Hall–Kier alpha value is -2.52. The van der Waals surface area contributed by atoms with Gasteiger partial charge in [0.2, 0.25) is 11.8 Å². The van der Waals surface area contributed by atoms with Crippen LogP contribution < -0.4 is 0 Å². The van der Waals surface area contributed by atoms with Crippen molar-refractivity contribution >= 4 is 0 Å². The average Bonchev–Trinajstić information content (AvgIpc) is 3.04. The fourth-order valence-corrected chi connectivity index (χ4v) is 3.43. The van der Waals surface area contributed by atoms with Gasteiger partial charge in [0.25, 0.3) is 0 Å². The first kappa shape index (κ1) is 15.7. The summed E-state index contributed by atoms with van der Waals surface area (Å²) in [7, 11) is 1.82. The zero-order valence-corrected chi connectivity index (χ0v) is 14.6. The smallest absolute Gasteiger partial charge is 0.230 e. The van der Waals surface area contributed by atoms with Crippen molar-refractivity contribution in [3.05, 3.63) is 47.2 Å². The minimum Gasteiger partial charge on any atom is -0.424 e. The standard InChI is InChI=1S/C17H21N7O2/c1-22-14(4-5-18-22)16(25)13-8-12-9-23(6-7-24(12)21-13)10-15-19-20-17(26-15)11-2-3-11/h4-5,8,11,16,25H,2-3,6-7,9-10H2,1H3/t16-/m0/s1. The van der Waals surface area contributed by atoms with Crippen LogP contribution in [0, 0.1) is 0 Å². The first-order valence-electron chi connectivity index (χ1n) is 8.94. The number of rotatable bonds is 5. The average molecular weight is 355 g/mol. The first-order chi connectivity index (χ1) is 12.7. The van der Waals surface area contributed by atoms with Gasteiger partial charge in [0.15, 0.2) is 0 Å². The molecule has 2 aliphatic rings. The number of hydrogen-bond donors (Lipinski definition) is 1. The summed E-state index contributed by atoms with van der Waals surface area (Å²) < 4.78 is 9.40. The van der Waals surface area contributed by atoms with Gasteiger partial charge in [-0.05, 0) is 25.0 Å². The van der Waals surface area contributed by atoms with E-state index >= 15 is 0 Å². The predicted molar refractivity (Wildman–Crippen MR) is 89.9 cm³/mol. The molecule has 1 aliphatic carbocycles. The monoisotopic (exact) mass is 355 g/mol. The Kier molecular flexibility index (Phi) is 3.64. The molecule has 0 amide bonds. The third-order valence-corrected chi connectivity index (χ3v) is 5.08. The van der Waals surface area contributed by atoms with Crippen LogP contribution in [0.5, 0.6) is 0 Å². The largest absolute Gasteiger partial charge is 0.424 e. The van der Waals surface area contributed by atoms with E-state index in [2.05, 4.69) is 25.3 Å². The quantitative estimate of drug-likeness (QED) is 0.728. The van der Waals surface area contributed by atoms with Gasteiger partial charge in [-0.15, -0.1) is 10.2 Å². The molecule has 26 heavy (non-hydrogen) atoms. The summed E-state index contributed by atoms with van der Waals surface area (Å²) in [6.45, 7) is 3.02. The predicted octanol–water partition coefficient (Wildman–Crippen LogP) is 0.974. The van der Waals surface area contributed by atoms with Crippen molar-refractivity contribution in [1.29, 1.82) is 0 Å². The van der Waals surface area contributed by atoms with Crippen molar-refractivity contribution in [2.75, 3.05) is 6.54 Å². The van der Waals surface area contributed by atoms with Gasteiger partial charge in [0.05, 0.1) is 30.2 Å². The molecule has 1 saturated carbocycles. The Morgan fingerprint density at radius 1 is 1.31 bits per heavy atom. The highest BCUT2D eigenvalue weighted by Crippen LogP contribution is 2.39. The highest BCUT2D eigenvalue weighted by atomic mass is 16.4. The lowest BCUT2D eigenvalue weighted by Gasteiger charge is -2.25. The minimum absolute atomic E-state index is 0.482. The molecular weight excluding hydrogens is 334 g/mol. The van der Waals surface area contributed by atoms with Crippen LogP contribution in [0.25, 0.3) is 0 Å². The fourth-order valence-electron chi connectivity index (χ4n) is 3.43. The summed E-state index contributed by atoms with van der Waals surface area (Å²) in [5, 5.41) is 27.6. The SMILES string of the molecule is Cn1nccc1[C@@H](O)c1cc2n(n1)CCN(Cc1nnc(C3CC3)o1)C2. The Labute approximate surface area is 150 Å². The van der Waals surface area contributed by atoms with Crippen LogP contribution in [-0.4, -0.2) is 46.3 Å². The Morgan fingerprint density at radius 2 is 2.19 bits per heavy atom. The van der Waals surface area contributed by atoms with Crippen LogP contribution in [0.4, 0.5) is 0 Å². The van der Waals surface area contributed by atoms with Gasteiger partial charge in [0, 0.05) is 32.3 Å². The number of aryl methyl sites for hydroxylation is 1. The molecule has 9 heteroatoms. The van der Waals surface area contributed by atoms with Crippen molar-refractivity contribution in [3.8, 4) is 0 Å². The van der Waals surface area contributed by atoms with Crippen LogP contribution in [-0.2, 0) is 26.7 Å². The van der Waals surface area contributed by atoms with Crippen molar-refractivity contribution < 1.29 is 9.52 Å². The van der Waals surface area contributed by atoms with Gasteiger partial charge in [-0.3, -0.25) is 14.3 Å². The first-order valence-corrected chi connectivity index (χ1v) is 8.94. The van der Waals surface area contributed by atoms with Crippen LogP contribution in [0.15, 0.2) is 22.7 Å². The molecule has 136 valence electrons. The lowest BCUT2D eigenvalue weighted by molar-refractivity contribution is 0.183. The molecule has 1 aliphatic heterocycles. The Morgan fingerprint density at radius 3 is 2.96 bits per heavy atom. The highest BCUT2D eigenvalue weighted by molar-refractivity contribution is 5.22. The zero-order valence-electron chi connectivity index (χ0n) is 14.6. The zero-order chi connectivity index (χ0) is 17.7. The van der Waals surface area contributed by atoms with Gasteiger partial charge < -0.3 is 9.52 Å². The maximum Gasteiger partial charge on any atom is 0.230 e. The second-order valence-corrected chi connectivity index (χ2v) is 7.08. The molecular formula is C17H21N7O2. The van der Waals surface area contributed by atoms with Crippen molar-refractivity contribution in [2.24, 2.45) is 7.05 Å². The normalized spacial score (nSPS) is 18.8. The van der Waals surface area contributed by atoms with Crippen LogP contribution in [0.3, 0.4) is 0 Å². The Balaban J connectivity index is 1.29. The van der Waals surface area contributed by atoms with E-state index in [9.17, 15) is 5.11 Å². The van der Waals surface area contributed by atoms with E-state index in [0.717, 1.165) is 49.8 Å². The summed E-state index contributed by atoms with van der Waals surface area (Å²) in [6, 6.07) is 3.77. The van der Waals surface area contributed by atoms with Crippen molar-refractivity contribution in [2.45, 2.75) is 44.5 Å². The number of fused-ring (bicyclic) bond motifs is 1. The van der Waals surface area contributed by atoms with Gasteiger partial charge >= 0.3 is 0 Å². The molecule has 0 aromatic carbocycles. The van der Waals surface area contributed by atoms with E-state index in [-0.39, 0.29) is 0 Å². The third kappa shape index (κ3) is 2.82. The van der Waals surface area contributed by atoms with E-state index < -0.39 is 6.10 Å². The van der Waals surface area contributed by atoms with E-state index in [1.807, 2.05) is 23.9 Å². The van der Waals surface area contributed by atoms with Crippen molar-refractivity contribution in [1.82, 2.24) is 34.7 Å². The number of aliphatic hydroxyl groups is 1. The van der Waals surface area contributed by atoms with Crippen LogP contribution in [0.1, 0.15) is 53.7 Å². The van der Waals surface area contributed by atoms with Gasteiger partial charge in [-0.25, -0.2) is 0 Å². The van der Waals surface area contributed by atoms with E-state index in [4.69, 9.17) is 4.42 Å². The van der Waals surface area contributed by atoms with Gasteiger partial charge in [0.1, 0.15) is 6.10 Å².